The number of pyridine rings is 1. The Balaban J connectivity index is 1.59. The van der Waals surface area contributed by atoms with E-state index in [1.54, 1.807) is 12.3 Å². The summed E-state index contributed by atoms with van der Waals surface area (Å²) in [7, 11) is 0. The van der Waals surface area contributed by atoms with Gasteiger partial charge in [0.1, 0.15) is 17.8 Å². The van der Waals surface area contributed by atoms with Crippen LogP contribution in [0.3, 0.4) is 0 Å². The highest BCUT2D eigenvalue weighted by molar-refractivity contribution is 5.92. The predicted molar refractivity (Wildman–Crippen MR) is 91.2 cm³/mol. The molecule has 0 aliphatic heterocycles. The van der Waals surface area contributed by atoms with Crippen molar-refractivity contribution in [2.75, 3.05) is 5.32 Å². The Morgan fingerprint density at radius 1 is 0.917 bits per heavy atom. The second kappa shape index (κ2) is 7.82. The van der Waals surface area contributed by atoms with Crippen LogP contribution in [0.2, 0.25) is 0 Å². The van der Waals surface area contributed by atoms with Gasteiger partial charge in [0.15, 0.2) is 0 Å². The molecular formula is C18H17N5O. The van der Waals surface area contributed by atoms with E-state index in [0.717, 1.165) is 11.3 Å². The summed E-state index contributed by atoms with van der Waals surface area (Å²) in [4.78, 5) is 24.6. The van der Waals surface area contributed by atoms with Gasteiger partial charge in [-0.3, -0.25) is 9.78 Å². The summed E-state index contributed by atoms with van der Waals surface area (Å²) in [5, 5.41) is 5.98. The minimum Gasteiger partial charge on any atom is -0.364 e. The summed E-state index contributed by atoms with van der Waals surface area (Å²) in [5.41, 5.74) is 2.25. The Kier molecular flexibility index (Phi) is 5.09. The zero-order chi connectivity index (χ0) is 16.6. The number of anilines is 1. The first-order valence-electron chi connectivity index (χ1n) is 7.59. The lowest BCUT2D eigenvalue weighted by Crippen LogP contribution is -2.24. The van der Waals surface area contributed by atoms with E-state index in [1.807, 2.05) is 48.5 Å². The molecule has 6 heteroatoms. The van der Waals surface area contributed by atoms with Crippen LogP contribution in [0.5, 0.6) is 0 Å². The molecule has 0 atom stereocenters. The van der Waals surface area contributed by atoms with Gasteiger partial charge in [-0.2, -0.15) is 0 Å². The van der Waals surface area contributed by atoms with E-state index in [1.165, 1.54) is 6.33 Å². The van der Waals surface area contributed by atoms with Crippen molar-refractivity contribution in [3.63, 3.8) is 0 Å². The van der Waals surface area contributed by atoms with Crippen LogP contribution in [0.4, 0.5) is 5.82 Å². The quantitative estimate of drug-likeness (QED) is 0.729. The molecule has 3 aromatic rings. The molecule has 2 heterocycles. The molecule has 0 spiro atoms. The molecule has 0 fully saturated rings. The van der Waals surface area contributed by atoms with Crippen LogP contribution in [-0.2, 0) is 13.1 Å². The van der Waals surface area contributed by atoms with Crippen LogP contribution in [0, 0.1) is 0 Å². The van der Waals surface area contributed by atoms with E-state index in [4.69, 9.17) is 0 Å². The molecule has 0 radical (unpaired) electrons. The Morgan fingerprint density at radius 3 is 2.54 bits per heavy atom. The largest absolute Gasteiger partial charge is 0.364 e. The van der Waals surface area contributed by atoms with Gasteiger partial charge in [-0.25, -0.2) is 9.97 Å². The molecule has 3 rings (SSSR count). The third-order valence-electron chi connectivity index (χ3n) is 3.37. The first-order chi connectivity index (χ1) is 11.8. The molecule has 0 bridgehead atoms. The number of aromatic nitrogens is 3. The highest BCUT2D eigenvalue weighted by atomic mass is 16.1. The fraction of sp³-hybridized carbons (Fsp3) is 0.111. The van der Waals surface area contributed by atoms with Crippen LogP contribution in [-0.4, -0.2) is 20.9 Å². The van der Waals surface area contributed by atoms with Crippen molar-refractivity contribution in [1.82, 2.24) is 20.3 Å². The average molecular weight is 319 g/mol. The van der Waals surface area contributed by atoms with Crippen molar-refractivity contribution in [3.8, 4) is 0 Å². The molecule has 1 amide bonds. The summed E-state index contributed by atoms with van der Waals surface area (Å²) < 4.78 is 0. The van der Waals surface area contributed by atoms with Gasteiger partial charge < -0.3 is 10.6 Å². The molecule has 0 aliphatic rings. The number of benzene rings is 1. The molecule has 1 aromatic carbocycles. The van der Waals surface area contributed by atoms with Gasteiger partial charge >= 0.3 is 0 Å². The maximum absolute atomic E-state index is 12.2. The van der Waals surface area contributed by atoms with Gasteiger partial charge in [-0.05, 0) is 17.7 Å². The van der Waals surface area contributed by atoms with Crippen LogP contribution < -0.4 is 10.6 Å². The second-order valence-corrected chi connectivity index (χ2v) is 5.13. The van der Waals surface area contributed by atoms with Crippen LogP contribution in [0.25, 0.3) is 0 Å². The molecule has 0 saturated carbocycles. The number of amides is 1. The lowest BCUT2D eigenvalue weighted by molar-refractivity contribution is 0.0946. The smallest absolute Gasteiger partial charge is 0.270 e. The minimum absolute atomic E-state index is 0.234. The van der Waals surface area contributed by atoms with Crippen molar-refractivity contribution in [3.05, 3.63) is 84.1 Å². The Labute approximate surface area is 140 Å². The third-order valence-corrected chi connectivity index (χ3v) is 3.37. The van der Waals surface area contributed by atoms with E-state index < -0.39 is 0 Å². The van der Waals surface area contributed by atoms with Crippen molar-refractivity contribution >= 4 is 11.7 Å². The summed E-state index contributed by atoms with van der Waals surface area (Å²) in [6.07, 6.45) is 3.11. The zero-order valence-electron chi connectivity index (χ0n) is 13.0. The normalized spacial score (nSPS) is 10.2. The van der Waals surface area contributed by atoms with Crippen molar-refractivity contribution < 1.29 is 4.79 Å². The first kappa shape index (κ1) is 15.6. The number of carbonyl (C=O) groups excluding carboxylic acids is 1. The molecule has 0 saturated heterocycles. The summed E-state index contributed by atoms with van der Waals surface area (Å²) in [5.74, 6) is 0.350. The fourth-order valence-electron chi connectivity index (χ4n) is 2.13. The van der Waals surface area contributed by atoms with Gasteiger partial charge in [-0.1, -0.05) is 36.4 Å². The van der Waals surface area contributed by atoms with Crippen LogP contribution >= 0.6 is 0 Å². The van der Waals surface area contributed by atoms with E-state index in [9.17, 15) is 4.79 Å². The Morgan fingerprint density at radius 2 is 1.75 bits per heavy atom. The standard InChI is InChI=1S/C18H17N5O/c24-18(21-11-14-6-2-1-3-7-14)16-10-17(23-13-22-16)20-12-15-8-4-5-9-19-15/h1-10,13H,11-12H2,(H,21,24)(H,20,22,23). The molecule has 6 nitrogen and oxygen atoms in total. The van der Waals surface area contributed by atoms with E-state index in [2.05, 4.69) is 25.6 Å². The Hall–Kier alpha value is -3.28. The first-order valence-corrected chi connectivity index (χ1v) is 7.59. The zero-order valence-corrected chi connectivity index (χ0v) is 13.0. The third kappa shape index (κ3) is 4.36. The number of nitrogens with one attached hydrogen (secondary N) is 2. The van der Waals surface area contributed by atoms with Crippen molar-refractivity contribution in [1.29, 1.82) is 0 Å². The van der Waals surface area contributed by atoms with E-state index >= 15 is 0 Å². The Bertz CT molecular complexity index is 793. The molecular weight excluding hydrogens is 302 g/mol. The molecule has 0 aliphatic carbocycles. The van der Waals surface area contributed by atoms with Crippen molar-refractivity contribution in [2.24, 2.45) is 0 Å². The molecule has 120 valence electrons. The topological polar surface area (TPSA) is 79.8 Å². The highest BCUT2D eigenvalue weighted by Gasteiger charge is 2.08. The maximum atomic E-state index is 12.2. The number of hydrogen-bond acceptors (Lipinski definition) is 5. The molecule has 2 aromatic heterocycles. The van der Waals surface area contributed by atoms with Crippen molar-refractivity contribution in [2.45, 2.75) is 13.1 Å². The lowest BCUT2D eigenvalue weighted by atomic mass is 10.2. The minimum atomic E-state index is -0.234. The van der Waals surface area contributed by atoms with Gasteiger partial charge in [0.2, 0.25) is 0 Å². The second-order valence-electron chi connectivity index (χ2n) is 5.13. The summed E-state index contributed by atoms with van der Waals surface area (Å²) in [6, 6.07) is 17.1. The molecule has 24 heavy (non-hydrogen) atoms. The van der Waals surface area contributed by atoms with Gasteiger partial charge in [0.25, 0.3) is 5.91 Å². The monoisotopic (exact) mass is 319 g/mol. The molecule has 2 N–H and O–H groups in total. The molecule has 0 unspecified atom stereocenters. The van der Waals surface area contributed by atoms with Gasteiger partial charge in [-0.15, -0.1) is 0 Å². The van der Waals surface area contributed by atoms with Crippen LogP contribution in [0.1, 0.15) is 21.7 Å². The SMILES string of the molecule is O=C(NCc1ccccc1)c1cc(NCc2ccccn2)ncn1. The van der Waals surface area contributed by atoms with E-state index in [0.29, 0.717) is 24.6 Å². The maximum Gasteiger partial charge on any atom is 0.270 e. The van der Waals surface area contributed by atoms with Crippen LogP contribution in [0.15, 0.2) is 67.1 Å². The fourth-order valence-corrected chi connectivity index (χ4v) is 2.13. The highest BCUT2D eigenvalue weighted by Crippen LogP contribution is 2.06. The number of carbonyl (C=O) groups is 1. The number of nitrogens with zero attached hydrogens (tertiary/aromatic N) is 3. The van der Waals surface area contributed by atoms with E-state index in [-0.39, 0.29) is 5.91 Å². The number of hydrogen-bond donors (Lipinski definition) is 2. The summed E-state index contributed by atoms with van der Waals surface area (Å²) in [6.45, 7) is 0.989. The lowest BCUT2D eigenvalue weighted by Gasteiger charge is -2.07. The average Bonchev–Trinajstić information content (AvgIpc) is 2.66. The predicted octanol–water partition coefficient (Wildman–Crippen LogP) is 2.41. The van der Waals surface area contributed by atoms with Gasteiger partial charge in [0.05, 0.1) is 12.2 Å². The van der Waals surface area contributed by atoms with Gasteiger partial charge in [0, 0.05) is 18.8 Å². The number of rotatable bonds is 6. The summed E-state index contributed by atoms with van der Waals surface area (Å²) >= 11 is 0.